The number of aliphatic carboxylic acids is 1. The Morgan fingerprint density at radius 1 is 0.974 bits per heavy atom. The van der Waals surface area contributed by atoms with Crippen LogP contribution in [0.4, 0.5) is 0 Å². The predicted octanol–water partition coefficient (Wildman–Crippen LogP) is 5.15. The van der Waals surface area contributed by atoms with Gasteiger partial charge in [0.05, 0.1) is 0 Å². The molecular weight excluding hydrogens is 486 g/mol. The number of likely N-dealkylation sites (tertiary alicyclic amines) is 2. The molecular formula is C33H47N3O3. The molecule has 6 nitrogen and oxygen atoms in total. The van der Waals surface area contributed by atoms with Gasteiger partial charge in [0.1, 0.15) is 6.04 Å². The van der Waals surface area contributed by atoms with Crippen molar-refractivity contribution >= 4 is 11.9 Å². The van der Waals surface area contributed by atoms with E-state index in [2.05, 4.69) is 77.9 Å². The van der Waals surface area contributed by atoms with E-state index < -0.39 is 12.0 Å². The molecule has 1 unspecified atom stereocenters. The van der Waals surface area contributed by atoms with Crippen LogP contribution >= 0.6 is 0 Å². The lowest BCUT2D eigenvalue weighted by Gasteiger charge is -2.39. The van der Waals surface area contributed by atoms with Gasteiger partial charge < -0.3 is 14.9 Å². The molecule has 2 fully saturated rings. The normalized spacial score (nSPS) is 21.7. The summed E-state index contributed by atoms with van der Waals surface area (Å²) in [6, 6.07) is 20.8. The number of hydrogen-bond donors (Lipinski definition) is 1. The van der Waals surface area contributed by atoms with Crippen molar-refractivity contribution in [1.29, 1.82) is 0 Å². The van der Waals surface area contributed by atoms with Gasteiger partial charge in [0.15, 0.2) is 0 Å². The van der Waals surface area contributed by atoms with E-state index in [1.54, 1.807) is 0 Å². The topological polar surface area (TPSA) is 64.1 Å². The van der Waals surface area contributed by atoms with Crippen LogP contribution in [-0.4, -0.2) is 83.0 Å². The van der Waals surface area contributed by atoms with Crippen molar-refractivity contribution in [3.8, 4) is 0 Å². The summed E-state index contributed by atoms with van der Waals surface area (Å²) in [6.45, 7) is 11.6. The number of carbonyl (C=O) groups is 2. The Morgan fingerprint density at radius 3 is 2.21 bits per heavy atom. The third-order valence-corrected chi connectivity index (χ3v) is 8.74. The molecule has 0 spiro atoms. The summed E-state index contributed by atoms with van der Waals surface area (Å²) < 4.78 is 0. The number of aryl methyl sites for hydroxylation is 1. The van der Waals surface area contributed by atoms with Crippen LogP contribution in [0.3, 0.4) is 0 Å². The van der Waals surface area contributed by atoms with Gasteiger partial charge in [-0.2, -0.15) is 0 Å². The zero-order chi connectivity index (χ0) is 27.8. The van der Waals surface area contributed by atoms with Gasteiger partial charge >= 0.3 is 5.97 Å². The standard InChI is InChI=1S/C33H47N3O3/c1-4-36(32(37)16-15-26-11-7-5-8-12-26)29-17-19-34(20-18-29)22-28-23-35(31(33(38)39)21-25(2)3)24-30(28)27-13-9-6-10-14-27/h5-14,25,28-31H,4,15-24H2,1-3H3,(H,38,39)/t28-,30+,31?/m0/s1. The monoisotopic (exact) mass is 533 g/mol. The molecule has 2 saturated heterocycles. The molecule has 0 radical (unpaired) electrons. The molecule has 3 atom stereocenters. The third-order valence-electron chi connectivity index (χ3n) is 8.74. The van der Waals surface area contributed by atoms with Crippen LogP contribution in [0.2, 0.25) is 0 Å². The van der Waals surface area contributed by atoms with Gasteiger partial charge in [0.25, 0.3) is 0 Å². The fraction of sp³-hybridized carbons (Fsp3) is 0.576. The Morgan fingerprint density at radius 2 is 1.62 bits per heavy atom. The molecule has 0 aromatic heterocycles. The van der Waals surface area contributed by atoms with E-state index in [1.807, 2.05) is 18.2 Å². The highest BCUT2D eigenvalue weighted by atomic mass is 16.4. The van der Waals surface area contributed by atoms with Crippen LogP contribution in [0.1, 0.15) is 63.5 Å². The number of rotatable bonds is 12. The largest absolute Gasteiger partial charge is 0.480 e. The van der Waals surface area contributed by atoms with E-state index >= 15 is 0 Å². The number of carboxylic acids is 1. The van der Waals surface area contributed by atoms with Gasteiger partial charge in [-0.25, -0.2) is 0 Å². The molecule has 212 valence electrons. The molecule has 6 heteroatoms. The zero-order valence-electron chi connectivity index (χ0n) is 24.0. The fourth-order valence-electron chi connectivity index (χ4n) is 6.70. The molecule has 2 aromatic rings. The summed E-state index contributed by atoms with van der Waals surface area (Å²) in [6.07, 6.45) is 4.04. The number of benzene rings is 2. The fourth-order valence-corrected chi connectivity index (χ4v) is 6.70. The molecule has 2 aromatic carbocycles. The summed E-state index contributed by atoms with van der Waals surface area (Å²) in [4.78, 5) is 32.2. The van der Waals surface area contributed by atoms with E-state index in [4.69, 9.17) is 0 Å². The average Bonchev–Trinajstić information content (AvgIpc) is 3.36. The highest BCUT2D eigenvalue weighted by Crippen LogP contribution is 2.36. The second-order valence-electron chi connectivity index (χ2n) is 11.9. The van der Waals surface area contributed by atoms with Gasteiger partial charge in [-0.3, -0.25) is 14.5 Å². The minimum atomic E-state index is -0.700. The first-order valence-corrected chi connectivity index (χ1v) is 14.9. The number of carboxylic acid groups (broad SMARTS) is 1. The third kappa shape index (κ3) is 7.92. The maximum absolute atomic E-state index is 13.1. The Labute approximate surface area is 235 Å². The first-order valence-electron chi connectivity index (χ1n) is 14.9. The Kier molecular flexibility index (Phi) is 10.6. The zero-order valence-corrected chi connectivity index (χ0v) is 24.0. The number of carbonyl (C=O) groups excluding carboxylic acids is 1. The lowest BCUT2D eigenvalue weighted by Crippen LogP contribution is -2.48. The van der Waals surface area contributed by atoms with Crippen molar-refractivity contribution in [1.82, 2.24) is 14.7 Å². The highest BCUT2D eigenvalue weighted by Gasteiger charge is 2.40. The van der Waals surface area contributed by atoms with Crippen LogP contribution in [-0.2, 0) is 16.0 Å². The molecule has 0 aliphatic carbocycles. The summed E-state index contributed by atoms with van der Waals surface area (Å²) in [5, 5.41) is 10.0. The lowest BCUT2D eigenvalue weighted by molar-refractivity contribution is -0.143. The van der Waals surface area contributed by atoms with Gasteiger partial charge in [-0.1, -0.05) is 74.5 Å². The van der Waals surface area contributed by atoms with Crippen LogP contribution in [0.15, 0.2) is 60.7 Å². The SMILES string of the molecule is CCN(C(=O)CCc1ccccc1)C1CCN(C[C@H]2CN(C(CC(C)C)C(=O)O)C[C@@H]2c2ccccc2)CC1. The van der Waals surface area contributed by atoms with Crippen LogP contribution < -0.4 is 0 Å². The van der Waals surface area contributed by atoms with Crippen LogP contribution in [0.25, 0.3) is 0 Å². The smallest absolute Gasteiger partial charge is 0.320 e. The second kappa shape index (κ2) is 14.1. The molecule has 1 amide bonds. The van der Waals surface area contributed by atoms with E-state index in [-0.39, 0.29) is 5.91 Å². The average molecular weight is 534 g/mol. The molecule has 0 bridgehead atoms. The lowest BCUT2D eigenvalue weighted by atomic mass is 9.88. The van der Waals surface area contributed by atoms with Crippen LogP contribution in [0.5, 0.6) is 0 Å². The molecule has 1 N–H and O–H groups in total. The minimum absolute atomic E-state index is 0.264. The van der Waals surface area contributed by atoms with Crippen molar-refractivity contribution in [3.05, 3.63) is 71.8 Å². The summed E-state index contributed by atoms with van der Waals surface area (Å²) in [7, 11) is 0. The summed E-state index contributed by atoms with van der Waals surface area (Å²) >= 11 is 0. The van der Waals surface area contributed by atoms with E-state index in [0.29, 0.717) is 36.6 Å². The van der Waals surface area contributed by atoms with Crippen molar-refractivity contribution in [2.45, 2.75) is 70.9 Å². The van der Waals surface area contributed by atoms with Crippen molar-refractivity contribution < 1.29 is 14.7 Å². The maximum Gasteiger partial charge on any atom is 0.320 e. The van der Waals surface area contributed by atoms with E-state index in [1.165, 1.54) is 11.1 Å². The van der Waals surface area contributed by atoms with E-state index in [9.17, 15) is 14.7 Å². The molecule has 2 aliphatic rings. The van der Waals surface area contributed by atoms with Crippen molar-refractivity contribution in [2.24, 2.45) is 11.8 Å². The molecule has 2 heterocycles. The van der Waals surface area contributed by atoms with E-state index in [0.717, 1.165) is 58.5 Å². The summed E-state index contributed by atoms with van der Waals surface area (Å²) in [5.74, 6) is 0.641. The molecule has 2 aliphatic heterocycles. The van der Waals surface area contributed by atoms with Crippen LogP contribution in [0, 0.1) is 11.8 Å². The summed E-state index contributed by atoms with van der Waals surface area (Å²) in [5.41, 5.74) is 2.53. The van der Waals surface area contributed by atoms with Gasteiger partial charge in [-0.15, -0.1) is 0 Å². The Hall–Kier alpha value is -2.70. The first kappa shape index (κ1) is 29.3. The quantitative estimate of drug-likeness (QED) is 0.409. The van der Waals surface area contributed by atoms with Gasteiger partial charge in [0, 0.05) is 57.6 Å². The Balaban J connectivity index is 1.35. The molecule has 0 saturated carbocycles. The van der Waals surface area contributed by atoms with Gasteiger partial charge in [-0.05, 0) is 55.6 Å². The number of hydrogen-bond acceptors (Lipinski definition) is 4. The maximum atomic E-state index is 13.1. The molecule has 4 rings (SSSR count). The molecule has 39 heavy (non-hydrogen) atoms. The number of amides is 1. The first-order chi connectivity index (χ1) is 18.9. The number of nitrogens with zero attached hydrogens (tertiary/aromatic N) is 3. The highest BCUT2D eigenvalue weighted by molar-refractivity contribution is 5.76. The minimum Gasteiger partial charge on any atom is -0.480 e. The van der Waals surface area contributed by atoms with Gasteiger partial charge in [0.2, 0.25) is 5.91 Å². The Bertz CT molecular complexity index is 1040. The predicted molar refractivity (Wildman–Crippen MR) is 157 cm³/mol. The second-order valence-corrected chi connectivity index (χ2v) is 11.9. The van der Waals surface area contributed by atoms with Crippen molar-refractivity contribution in [2.75, 3.05) is 39.3 Å². The van der Waals surface area contributed by atoms with Crippen molar-refractivity contribution in [3.63, 3.8) is 0 Å². The number of piperidine rings is 1.